The van der Waals surface area contributed by atoms with Crippen molar-refractivity contribution in [2.75, 3.05) is 0 Å². The number of aromatic amines is 1. The van der Waals surface area contributed by atoms with E-state index in [0.29, 0.717) is 5.82 Å². The first-order valence-corrected chi connectivity index (χ1v) is 9.33. The summed E-state index contributed by atoms with van der Waals surface area (Å²) in [5.41, 5.74) is 0.446. The molecule has 3 aromatic rings. The van der Waals surface area contributed by atoms with Gasteiger partial charge in [0.2, 0.25) is 0 Å². The number of hydrogen-bond donors (Lipinski definition) is 2. The molecule has 154 valence electrons. The number of nitriles is 1. The maximum absolute atomic E-state index is 15.0. The number of nitrogens with one attached hydrogen (secondary N) is 2. The number of nitrogens with zero attached hydrogens (tertiary/aromatic N) is 2. The van der Waals surface area contributed by atoms with Crippen molar-refractivity contribution >= 4 is 29.1 Å². The van der Waals surface area contributed by atoms with Gasteiger partial charge in [-0.05, 0) is 36.8 Å². The van der Waals surface area contributed by atoms with Crippen LogP contribution in [0.15, 0.2) is 30.3 Å². The number of ether oxygens (including phenoxy) is 1. The highest BCUT2D eigenvalue weighted by atomic mass is 35.5. The number of H-pyrrole nitrogens is 1. The third kappa shape index (κ3) is 4.70. The zero-order valence-corrected chi connectivity index (χ0v) is 17.0. The number of halogens is 4. The van der Waals surface area contributed by atoms with Crippen molar-refractivity contribution in [3.63, 3.8) is 0 Å². The molecule has 30 heavy (non-hydrogen) atoms. The Morgan fingerprint density at radius 2 is 2.10 bits per heavy atom. The van der Waals surface area contributed by atoms with Crippen LogP contribution in [0.2, 0.25) is 10.2 Å². The third-order valence-electron chi connectivity index (χ3n) is 4.03. The van der Waals surface area contributed by atoms with Gasteiger partial charge in [-0.2, -0.15) is 5.26 Å². The van der Waals surface area contributed by atoms with E-state index in [9.17, 15) is 13.6 Å². The van der Waals surface area contributed by atoms with Crippen LogP contribution in [0.25, 0.3) is 0 Å². The van der Waals surface area contributed by atoms with Crippen LogP contribution in [0, 0.1) is 24.1 Å². The molecule has 6 nitrogen and oxygen atoms in total. The molecule has 2 N–H and O–H groups in total. The van der Waals surface area contributed by atoms with Crippen LogP contribution in [0.3, 0.4) is 0 Å². The summed E-state index contributed by atoms with van der Waals surface area (Å²) in [6, 6.07) is 8.71. The number of aryl methyl sites for hydroxylation is 1. The Morgan fingerprint density at radius 1 is 1.33 bits per heavy atom. The van der Waals surface area contributed by atoms with E-state index in [1.54, 1.807) is 6.92 Å². The number of alkyl halides is 1. The molecular weight excluding hydrogens is 437 g/mol. The van der Waals surface area contributed by atoms with Crippen molar-refractivity contribution < 1.29 is 18.3 Å². The van der Waals surface area contributed by atoms with Gasteiger partial charge in [0.05, 0.1) is 16.7 Å². The van der Waals surface area contributed by atoms with Crippen molar-refractivity contribution in [2.45, 2.75) is 20.1 Å². The normalized spacial score (nSPS) is 10.5. The topological polar surface area (TPSA) is 90.8 Å². The van der Waals surface area contributed by atoms with E-state index in [1.165, 1.54) is 30.3 Å². The zero-order chi connectivity index (χ0) is 21.8. The lowest BCUT2D eigenvalue weighted by Crippen LogP contribution is -2.24. The second-order valence-electron chi connectivity index (χ2n) is 6.23. The van der Waals surface area contributed by atoms with E-state index >= 15 is 0 Å². The fraction of sp³-hybridized carbons (Fsp3) is 0.150. The van der Waals surface area contributed by atoms with Gasteiger partial charge in [0.25, 0.3) is 5.91 Å². The van der Waals surface area contributed by atoms with E-state index in [1.807, 2.05) is 6.07 Å². The first-order chi connectivity index (χ1) is 14.3. The lowest BCUT2D eigenvalue weighted by atomic mass is 10.1. The third-order valence-corrected chi connectivity index (χ3v) is 4.60. The molecule has 3 rings (SSSR count). The molecule has 1 aromatic heterocycles. The first-order valence-electron chi connectivity index (χ1n) is 8.57. The Labute approximate surface area is 180 Å². The standard InChI is InChI=1S/C20H14Cl2F2N4O2/c1-10-27-17(19(22)28-10)20(29)26-9-13-2-3-15(21)18(16(13)24)30-14-5-11(7-23)4-12(6-14)8-25/h2-6H,7,9H2,1H3,(H,26,29)(H,27,28). The number of rotatable bonds is 6. The van der Waals surface area contributed by atoms with Gasteiger partial charge in [-0.15, -0.1) is 0 Å². The molecule has 0 fully saturated rings. The Morgan fingerprint density at radius 3 is 2.73 bits per heavy atom. The van der Waals surface area contributed by atoms with Crippen molar-refractivity contribution in [3.8, 4) is 17.6 Å². The lowest BCUT2D eigenvalue weighted by molar-refractivity contribution is 0.0946. The molecule has 0 spiro atoms. The number of imidazole rings is 1. The molecule has 0 aliphatic rings. The van der Waals surface area contributed by atoms with Crippen LogP contribution >= 0.6 is 23.2 Å². The van der Waals surface area contributed by atoms with Crippen molar-refractivity contribution in [3.05, 3.63) is 74.5 Å². The highest BCUT2D eigenvalue weighted by molar-refractivity contribution is 6.32. The minimum Gasteiger partial charge on any atom is -0.453 e. The molecular formula is C20H14Cl2F2N4O2. The highest BCUT2D eigenvalue weighted by Gasteiger charge is 2.19. The lowest BCUT2D eigenvalue weighted by Gasteiger charge is -2.13. The van der Waals surface area contributed by atoms with E-state index in [0.717, 1.165) is 0 Å². The van der Waals surface area contributed by atoms with Crippen LogP contribution in [0.4, 0.5) is 8.78 Å². The van der Waals surface area contributed by atoms with Gasteiger partial charge in [0, 0.05) is 12.1 Å². The maximum atomic E-state index is 15.0. The maximum Gasteiger partial charge on any atom is 0.273 e. The van der Waals surface area contributed by atoms with Gasteiger partial charge in [0.15, 0.2) is 17.3 Å². The monoisotopic (exact) mass is 450 g/mol. The second kappa shape index (κ2) is 9.11. The van der Waals surface area contributed by atoms with Crippen molar-refractivity contribution in [2.24, 2.45) is 0 Å². The van der Waals surface area contributed by atoms with E-state index < -0.39 is 18.4 Å². The van der Waals surface area contributed by atoms with Crippen molar-refractivity contribution in [1.29, 1.82) is 5.26 Å². The Hall–Kier alpha value is -3.15. The molecule has 0 aliphatic heterocycles. The summed E-state index contributed by atoms with van der Waals surface area (Å²) in [6.07, 6.45) is 0. The predicted molar refractivity (Wildman–Crippen MR) is 107 cm³/mol. The number of hydrogen-bond acceptors (Lipinski definition) is 4. The molecule has 0 bridgehead atoms. The van der Waals surface area contributed by atoms with Gasteiger partial charge in [-0.1, -0.05) is 29.3 Å². The molecule has 0 saturated heterocycles. The number of amides is 1. The highest BCUT2D eigenvalue weighted by Crippen LogP contribution is 2.34. The van der Waals surface area contributed by atoms with E-state index in [-0.39, 0.29) is 50.6 Å². The summed E-state index contributed by atoms with van der Waals surface area (Å²) in [5.74, 6) is -1.18. The Kier molecular flexibility index (Phi) is 6.55. The molecule has 0 radical (unpaired) electrons. The zero-order valence-electron chi connectivity index (χ0n) is 15.5. The molecule has 0 atom stereocenters. The molecule has 2 aromatic carbocycles. The summed E-state index contributed by atoms with van der Waals surface area (Å²) >= 11 is 12.0. The van der Waals surface area contributed by atoms with Gasteiger partial charge < -0.3 is 15.0 Å². The van der Waals surface area contributed by atoms with Crippen LogP contribution in [-0.2, 0) is 13.2 Å². The average molecular weight is 451 g/mol. The summed E-state index contributed by atoms with van der Waals surface area (Å²) in [7, 11) is 0. The number of benzene rings is 2. The summed E-state index contributed by atoms with van der Waals surface area (Å²) < 4.78 is 33.5. The van der Waals surface area contributed by atoms with Gasteiger partial charge >= 0.3 is 0 Å². The molecule has 10 heteroatoms. The van der Waals surface area contributed by atoms with Gasteiger partial charge in [0.1, 0.15) is 23.4 Å². The molecule has 0 saturated carbocycles. The largest absolute Gasteiger partial charge is 0.453 e. The summed E-state index contributed by atoms with van der Waals surface area (Å²) in [5, 5.41) is 11.6. The Balaban J connectivity index is 1.83. The predicted octanol–water partition coefficient (Wildman–Crippen LogP) is 5.23. The number of aromatic nitrogens is 2. The summed E-state index contributed by atoms with van der Waals surface area (Å²) in [4.78, 5) is 18.9. The van der Waals surface area contributed by atoms with Gasteiger partial charge in [-0.3, -0.25) is 4.79 Å². The smallest absolute Gasteiger partial charge is 0.273 e. The number of carbonyl (C=O) groups excluding carboxylic acids is 1. The molecule has 1 amide bonds. The van der Waals surface area contributed by atoms with Crippen LogP contribution in [0.5, 0.6) is 11.5 Å². The molecule has 0 unspecified atom stereocenters. The SMILES string of the molecule is Cc1nc(C(=O)NCc2ccc(Cl)c(Oc3cc(C#N)cc(CF)c3)c2F)c(Cl)[nH]1. The second-order valence-corrected chi connectivity index (χ2v) is 7.02. The number of carbonyl (C=O) groups is 1. The molecule has 1 heterocycles. The minimum atomic E-state index is -0.816. The first kappa shape index (κ1) is 21.6. The fourth-order valence-corrected chi connectivity index (χ4v) is 3.10. The van der Waals surface area contributed by atoms with Crippen LogP contribution in [0.1, 0.15) is 33.0 Å². The summed E-state index contributed by atoms with van der Waals surface area (Å²) in [6.45, 7) is 0.637. The van der Waals surface area contributed by atoms with Crippen LogP contribution in [-0.4, -0.2) is 15.9 Å². The minimum absolute atomic E-state index is 0.00733. The Bertz CT molecular complexity index is 1160. The molecule has 0 aliphatic carbocycles. The quantitative estimate of drug-likeness (QED) is 0.537. The van der Waals surface area contributed by atoms with E-state index in [4.69, 9.17) is 33.2 Å². The van der Waals surface area contributed by atoms with E-state index in [2.05, 4.69) is 15.3 Å². The van der Waals surface area contributed by atoms with Crippen LogP contribution < -0.4 is 10.1 Å². The average Bonchev–Trinajstić information content (AvgIpc) is 3.08. The van der Waals surface area contributed by atoms with Crippen molar-refractivity contribution in [1.82, 2.24) is 15.3 Å². The van der Waals surface area contributed by atoms with Gasteiger partial charge in [-0.25, -0.2) is 13.8 Å². The fourth-order valence-electron chi connectivity index (χ4n) is 2.65.